The number of ether oxygens (including phenoxy) is 3. The summed E-state index contributed by atoms with van der Waals surface area (Å²) in [6, 6.07) is 32.5. The van der Waals surface area contributed by atoms with Crippen molar-refractivity contribution in [3.63, 3.8) is 0 Å². The molecule has 1 saturated carbocycles. The third-order valence-corrected chi connectivity index (χ3v) is 8.45. The lowest BCUT2D eigenvalue weighted by Crippen LogP contribution is -2.40. The second-order valence-electron chi connectivity index (χ2n) is 11.5. The van der Waals surface area contributed by atoms with E-state index in [1.54, 1.807) is 14.2 Å². The van der Waals surface area contributed by atoms with E-state index in [9.17, 15) is 5.11 Å². The molecular formula is C35H36O4. The van der Waals surface area contributed by atoms with Crippen LogP contribution in [0.3, 0.4) is 0 Å². The van der Waals surface area contributed by atoms with Crippen molar-refractivity contribution < 1.29 is 19.3 Å². The lowest BCUT2D eigenvalue weighted by atomic mass is 9.49. The van der Waals surface area contributed by atoms with E-state index in [1.807, 2.05) is 19.9 Å². The van der Waals surface area contributed by atoms with Gasteiger partial charge < -0.3 is 19.3 Å². The molecule has 4 aromatic carbocycles. The molecule has 0 spiro atoms. The molecule has 39 heavy (non-hydrogen) atoms. The molecule has 1 heterocycles. The Kier molecular flexibility index (Phi) is 6.60. The summed E-state index contributed by atoms with van der Waals surface area (Å²) in [5.41, 5.74) is 5.28. The normalized spacial score (nSPS) is 21.4. The minimum absolute atomic E-state index is 0.218. The summed E-state index contributed by atoms with van der Waals surface area (Å²) in [4.78, 5) is 0. The van der Waals surface area contributed by atoms with E-state index >= 15 is 0 Å². The van der Waals surface area contributed by atoms with E-state index in [2.05, 4.69) is 84.9 Å². The van der Waals surface area contributed by atoms with Gasteiger partial charge in [0, 0.05) is 11.6 Å². The van der Waals surface area contributed by atoms with Gasteiger partial charge in [-0.15, -0.1) is 0 Å². The van der Waals surface area contributed by atoms with E-state index in [1.165, 1.54) is 22.3 Å². The quantitative estimate of drug-likeness (QED) is 0.269. The van der Waals surface area contributed by atoms with Gasteiger partial charge >= 0.3 is 0 Å². The highest BCUT2D eigenvalue weighted by Crippen LogP contribution is 2.67. The standard InChI is InChI=1S/C35H36O4/c1-35(2,36)16-15-28-29(38-4)19-25-20-30(28)39-27-18-24(17-26(21-27)37-3)33-31(22-11-7-5-8-12-22)32(34(25)33)23-13-9-6-10-14-23/h5-14,17-21,31-34,36H,15-16H2,1-4H3/t31-,32+,33+,34-/m0/s1. The molecule has 1 N–H and O–H groups in total. The van der Waals surface area contributed by atoms with Crippen LogP contribution in [0.15, 0.2) is 91.0 Å². The smallest absolute Gasteiger partial charge is 0.134 e. The predicted octanol–water partition coefficient (Wildman–Crippen LogP) is 7.96. The second-order valence-corrected chi connectivity index (χ2v) is 11.5. The largest absolute Gasteiger partial charge is 0.497 e. The number of hydrogen-bond acceptors (Lipinski definition) is 4. The van der Waals surface area contributed by atoms with E-state index in [0.717, 1.165) is 28.6 Å². The molecule has 4 nitrogen and oxygen atoms in total. The molecule has 0 unspecified atom stereocenters. The minimum atomic E-state index is -0.793. The average Bonchev–Trinajstić information content (AvgIpc) is 2.94. The van der Waals surface area contributed by atoms with Crippen molar-refractivity contribution in [1.82, 2.24) is 0 Å². The molecule has 200 valence electrons. The van der Waals surface area contributed by atoms with E-state index < -0.39 is 5.60 Å². The summed E-state index contributed by atoms with van der Waals surface area (Å²) >= 11 is 0. The van der Waals surface area contributed by atoms with Gasteiger partial charge in [-0.25, -0.2) is 0 Å². The fourth-order valence-corrected chi connectivity index (χ4v) is 6.63. The van der Waals surface area contributed by atoms with Crippen LogP contribution in [0, 0.1) is 0 Å². The average molecular weight is 521 g/mol. The fourth-order valence-electron chi connectivity index (χ4n) is 6.63. The lowest BCUT2D eigenvalue weighted by molar-refractivity contribution is 0.0711. The molecule has 0 aromatic heterocycles. The van der Waals surface area contributed by atoms with Crippen LogP contribution < -0.4 is 14.2 Å². The zero-order chi connectivity index (χ0) is 27.1. The van der Waals surface area contributed by atoms with Gasteiger partial charge in [0.25, 0.3) is 0 Å². The number of hydrogen-bond donors (Lipinski definition) is 1. The van der Waals surface area contributed by atoms with E-state index in [4.69, 9.17) is 14.2 Å². The van der Waals surface area contributed by atoms with Crippen molar-refractivity contribution in [1.29, 1.82) is 0 Å². The highest BCUT2D eigenvalue weighted by molar-refractivity contribution is 5.58. The maximum absolute atomic E-state index is 10.5. The van der Waals surface area contributed by atoms with Crippen LogP contribution in [0.25, 0.3) is 0 Å². The Hall–Kier alpha value is -3.76. The summed E-state index contributed by atoms with van der Waals surface area (Å²) < 4.78 is 18.4. The Morgan fingerprint density at radius 2 is 1.26 bits per heavy atom. The van der Waals surface area contributed by atoms with Crippen LogP contribution in [0.1, 0.15) is 71.8 Å². The number of aliphatic hydroxyl groups is 1. The molecule has 1 fully saturated rings. The maximum Gasteiger partial charge on any atom is 0.134 e. The molecule has 6 rings (SSSR count). The number of benzene rings is 4. The summed E-state index contributed by atoms with van der Waals surface area (Å²) in [5, 5.41) is 10.5. The molecular weight excluding hydrogens is 484 g/mol. The van der Waals surface area contributed by atoms with Crippen molar-refractivity contribution >= 4 is 0 Å². The first-order chi connectivity index (χ1) is 18.9. The minimum Gasteiger partial charge on any atom is -0.497 e. The Labute approximate surface area is 231 Å². The Morgan fingerprint density at radius 3 is 1.79 bits per heavy atom. The zero-order valence-corrected chi connectivity index (χ0v) is 23.1. The van der Waals surface area contributed by atoms with Crippen LogP contribution in [-0.2, 0) is 6.42 Å². The first kappa shape index (κ1) is 25.5. The van der Waals surface area contributed by atoms with Gasteiger partial charge in [0.15, 0.2) is 0 Å². The molecule has 1 aliphatic heterocycles. The molecule has 0 radical (unpaired) electrons. The Balaban J connectivity index is 1.58. The molecule has 0 amide bonds. The third kappa shape index (κ3) is 4.79. The van der Waals surface area contributed by atoms with Crippen molar-refractivity contribution in [2.75, 3.05) is 14.2 Å². The monoisotopic (exact) mass is 520 g/mol. The number of methoxy groups -OCH3 is 2. The molecule has 4 aromatic rings. The van der Waals surface area contributed by atoms with Crippen LogP contribution in [0.2, 0.25) is 0 Å². The maximum atomic E-state index is 10.5. The van der Waals surface area contributed by atoms with Gasteiger partial charge in [0.05, 0.1) is 19.8 Å². The van der Waals surface area contributed by atoms with E-state index in [-0.39, 0.29) is 17.8 Å². The van der Waals surface area contributed by atoms with Crippen molar-refractivity contribution in [3.8, 4) is 23.0 Å². The zero-order valence-electron chi connectivity index (χ0n) is 23.1. The molecule has 4 heteroatoms. The van der Waals surface area contributed by atoms with Crippen LogP contribution in [0.4, 0.5) is 0 Å². The van der Waals surface area contributed by atoms with Gasteiger partial charge in [-0.05, 0) is 96.9 Å². The molecule has 0 saturated heterocycles. The predicted molar refractivity (Wildman–Crippen MR) is 155 cm³/mol. The molecule has 4 atom stereocenters. The Bertz CT molecular complexity index is 1460. The fraction of sp³-hybridized carbons (Fsp3) is 0.314. The first-order valence-electron chi connectivity index (χ1n) is 13.8. The van der Waals surface area contributed by atoms with Crippen LogP contribution in [-0.4, -0.2) is 24.9 Å². The molecule has 4 bridgehead atoms. The summed E-state index contributed by atoms with van der Waals surface area (Å²) in [5.74, 6) is 4.15. The summed E-state index contributed by atoms with van der Waals surface area (Å²) in [6.45, 7) is 3.67. The second kappa shape index (κ2) is 10.1. The number of fused-ring (bicyclic) bond motifs is 7. The first-order valence-corrected chi connectivity index (χ1v) is 13.8. The highest BCUT2D eigenvalue weighted by Gasteiger charge is 2.53. The summed E-state index contributed by atoms with van der Waals surface area (Å²) in [6.07, 6.45) is 1.24. The van der Waals surface area contributed by atoms with Gasteiger partial charge in [0.2, 0.25) is 0 Å². The topological polar surface area (TPSA) is 47.9 Å². The van der Waals surface area contributed by atoms with Gasteiger partial charge in [0.1, 0.15) is 23.0 Å². The lowest BCUT2D eigenvalue weighted by Gasteiger charge is -2.53. The van der Waals surface area contributed by atoms with Gasteiger partial charge in [-0.2, -0.15) is 0 Å². The highest BCUT2D eigenvalue weighted by atomic mass is 16.5. The molecule has 2 aliphatic rings. The van der Waals surface area contributed by atoms with E-state index in [0.29, 0.717) is 18.8 Å². The van der Waals surface area contributed by atoms with Gasteiger partial charge in [-0.3, -0.25) is 0 Å². The third-order valence-electron chi connectivity index (χ3n) is 8.45. The van der Waals surface area contributed by atoms with Crippen molar-refractivity contribution in [2.24, 2.45) is 0 Å². The van der Waals surface area contributed by atoms with Crippen molar-refractivity contribution in [3.05, 3.63) is 119 Å². The van der Waals surface area contributed by atoms with Gasteiger partial charge in [-0.1, -0.05) is 60.7 Å². The van der Waals surface area contributed by atoms with Crippen LogP contribution in [0.5, 0.6) is 23.0 Å². The van der Waals surface area contributed by atoms with Crippen LogP contribution >= 0.6 is 0 Å². The SMILES string of the molecule is COc1cc2cc(c1)[C@@H]1[C@@H](c3ccccc3)[C@@H](c3ccccc3)[C@@H]1c1cc(OC)c(CCC(C)(C)O)c(c1)O2. The summed E-state index contributed by atoms with van der Waals surface area (Å²) in [7, 11) is 3.43. The molecule has 1 aliphatic carbocycles. The number of rotatable bonds is 7. The van der Waals surface area contributed by atoms with Crippen molar-refractivity contribution in [2.45, 2.75) is 56.0 Å². The Morgan fingerprint density at radius 1 is 0.692 bits per heavy atom.